The van der Waals surface area contributed by atoms with Gasteiger partial charge in [0.25, 0.3) is 5.91 Å². The summed E-state index contributed by atoms with van der Waals surface area (Å²) in [7, 11) is 1.64. The van der Waals surface area contributed by atoms with E-state index in [1.807, 2.05) is 29.2 Å². The van der Waals surface area contributed by atoms with Crippen molar-refractivity contribution in [2.75, 3.05) is 20.2 Å². The molecule has 2 rings (SSSR count). The molecule has 1 aliphatic heterocycles. The number of halogens is 1. The van der Waals surface area contributed by atoms with Gasteiger partial charge in [-0.05, 0) is 37.4 Å². The van der Waals surface area contributed by atoms with E-state index in [1.165, 1.54) is 0 Å². The number of ether oxygens (including phenoxy) is 1. The molecule has 2 N–H and O–H groups in total. The van der Waals surface area contributed by atoms with Gasteiger partial charge in [-0.25, -0.2) is 0 Å². The lowest BCUT2D eigenvalue weighted by Gasteiger charge is -2.23. The van der Waals surface area contributed by atoms with Crippen LogP contribution in [0, 0.1) is 5.92 Å². The third-order valence-electron chi connectivity index (χ3n) is 3.80. The van der Waals surface area contributed by atoms with Gasteiger partial charge < -0.3 is 15.4 Å². The van der Waals surface area contributed by atoms with Crippen LogP contribution in [0.3, 0.4) is 0 Å². The first-order valence-corrected chi connectivity index (χ1v) is 6.75. The van der Waals surface area contributed by atoms with E-state index in [1.54, 1.807) is 7.11 Å². The minimum Gasteiger partial charge on any atom is -0.380 e. The van der Waals surface area contributed by atoms with Gasteiger partial charge in [0.1, 0.15) is 0 Å². The van der Waals surface area contributed by atoms with Gasteiger partial charge in [0.05, 0.1) is 6.61 Å². The number of rotatable bonds is 4. The molecule has 2 atom stereocenters. The highest BCUT2D eigenvalue weighted by molar-refractivity contribution is 5.96. The summed E-state index contributed by atoms with van der Waals surface area (Å²) >= 11 is 0. The van der Waals surface area contributed by atoms with Crippen molar-refractivity contribution >= 4 is 18.3 Å². The molecule has 0 aromatic heterocycles. The number of amides is 1. The number of hydrogen-bond acceptors (Lipinski definition) is 3. The Morgan fingerprint density at radius 2 is 2.15 bits per heavy atom. The maximum atomic E-state index is 12.6. The molecule has 20 heavy (non-hydrogen) atoms. The lowest BCUT2D eigenvalue weighted by Crippen LogP contribution is -2.35. The number of hydrogen-bond donors (Lipinski definition) is 1. The summed E-state index contributed by atoms with van der Waals surface area (Å²) in [6, 6.07) is 7.91. The van der Waals surface area contributed by atoms with E-state index in [0.29, 0.717) is 19.1 Å². The second-order valence-corrected chi connectivity index (χ2v) is 5.23. The minimum atomic E-state index is 0. The molecule has 1 aliphatic rings. The first-order chi connectivity index (χ1) is 9.17. The number of methoxy groups -OCH3 is 1. The van der Waals surface area contributed by atoms with Crippen molar-refractivity contribution in [1.82, 2.24) is 4.90 Å². The van der Waals surface area contributed by atoms with Gasteiger partial charge >= 0.3 is 0 Å². The highest BCUT2D eigenvalue weighted by Gasteiger charge is 2.32. The monoisotopic (exact) mass is 298 g/mol. The summed E-state index contributed by atoms with van der Waals surface area (Å²) in [6.45, 7) is 3.96. The Labute approximate surface area is 126 Å². The maximum absolute atomic E-state index is 12.6. The molecule has 1 amide bonds. The first-order valence-electron chi connectivity index (χ1n) is 6.75. The van der Waals surface area contributed by atoms with E-state index in [0.717, 1.165) is 24.1 Å². The molecule has 1 fully saturated rings. The topological polar surface area (TPSA) is 55.6 Å². The highest BCUT2D eigenvalue weighted by atomic mass is 35.5. The normalized spacial score (nSPS) is 21.6. The average Bonchev–Trinajstić information content (AvgIpc) is 2.80. The van der Waals surface area contributed by atoms with Crippen LogP contribution in [0.25, 0.3) is 0 Å². The van der Waals surface area contributed by atoms with Crippen LogP contribution in [0.4, 0.5) is 0 Å². The number of likely N-dealkylation sites (tertiary alicyclic amines) is 1. The largest absolute Gasteiger partial charge is 0.380 e. The molecule has 0 radical (unpaired) electrons. The van der Waals surface area contributed by atoms with Gasteiger partial charge in [-0.3, -0.25) is 4.79 Å². The molecule has 5 heteroatoms. The van der Waals surface area contributed by atoms with Gasteiger partial charge in [0.2, 0.25) is 0 Å². The highest BCUT2D eigenvalue weighted by Crippen LogP contribution is 2.25. The lowest BCUT2D eigenvalue weighted by molar-refractivity contribution is 0.0738. The van der Waals surface area contributed by atoms with Crippen LogP contribution >= 0.6 is 12.4 Å². The van der Waals surface area contributed by atoms with Crippen molar-refractivity contribution in [1.29, 1.82) is 0 Å². The van der Waals surface area contributed by atoms with Crippen LogP contribution in [0.2, 0.25) is 0 Å². The van der Waals surface area contributed by atoms with E-state index >= 15 is 0 Å². The fourth-order valence-electron chi connectivity index (χ4n) is 2.76. The Balaban J connectivity index is 0.00000200. The summed E-state index contributed by atoms with van der Waals surface area (Å²) in [4.78, 5) is 14.6. The fourth-order valence-corrected chi connectivity index (χ4v) is 2.76. The molecule has 1 aromatic rings. The number of nitrogens with two attached hydrogens (primary N) is 1. The number of benzene rings is 1. The van der Waals surface area contributed by atoms with Crippen LogP contribution in [0.1, 0.15) is 29.3 Å². The minimum absolute atomic E-state index is 0. The number of carbonyl (C=O) groups is 1. The second-order valence-electron chi connectivity index (χ2n) is 5.23. The van der Waals surface area contributed by atoms with Crippen LogP contribution in [0.5, 0.6) is 0 Å². The third kappa shape index (κ3) is 3.51. The Morgan fingerprint density at radius 3 is 2.75 bits per heavy atom. The molecule has 0 bridgehead atoms. The molecule has 112 valence electrons. The zero-order valence-corrected chi connectivity index (χ0v) is 12.9. The zero-order valence-electron chi connectivity index (χ0n) is 12.0. The SMILES string of the molecule is COCc1ccccc1C(=O)N1CC(CN)CC1C.Cl. The third-order valence-corrected chi connectivity index (χ3v) is 3.80. The molecular weight excluding hydrogens is 276 g/mol. The molecular formula is C15H23ClN2O2. The summed E-state index contributed by atoms with van der Waals surface area (Å²) < 4.78 is 5.16. The van der Waals surface area contributed by atoms with Gasteiger partial charge in [0, 0.05) is 25.3 Å². The van der Waals surface area contributed by atoms with Crippen LogP contribution < -0.4 is 5.73 Å². The van der Waals surface area contributed by atoms with Crippen LogP contribution in [-0.2, 0) is 11.3 Å². The van der Waals surface area contributed by atoms with E-state index < -0.39 is 0 Å². The van der Waals surface area contributed by atoms with Gasteiger partial charge in [-0.1, -0.05) is 18.2 Å². The molecule has 2 unspecified atom stereocenters. The molecule has 4 nitrogen and oxygen atoms in total. The standard InChI is InChI=1S/C15H22N2O2.ClH/c1-11-7-12(8-16)9-17(11)15(18)14-6-4-3-5-13(14)10-19-2;/h3-6,11-12H,7-10,16H2,1-2H3;1H. The van der Waals surface area contributed by atoms with Gasteiger partial charge in [0.15, 0.2) is 0 Å². The Hall–Kier alpha value is -1.10. The number of nitrogens with zero attached hydrogens (tertiary/aromatic N) is 1. The average molecular weight is 299 g/mol. The van der Waals surface area contributed by atoms with Crippen molar-refractivity contribution in [3.05, 3.63) is 35.4 Å². The van der Waals surface area contributed by atoms with E-state index in [9.17, 15) is 4.79 Å². The summed E-state index contributed by atoms with van der Waals surface area (Å²) in [5.74, 6) is 0.518. The quantitative estimate of drug-likeness (QED) is 0.926. The predicted octanol–water partition coefficient (Wildman–Crippen LogP) is 2.06. The van der Waals surface area contributed by atoms with Crippen molar-refractivity contribution in [2.45, 2.75) is 26.0 Å². The molecule has 1 aromatic carbocycles. The fraction of sp³-hybridized carbons (Fsp3) is 0.533. The van der Waals surface area contributed by atoms with E-state index in [4.69, 9.17) is 10.5 Å². The number of carbonyl (C=O) groups excluding carboxylic acids is 1. The lowest BCUT2D eigenvalue weighted by atomic mass is 10.1. The van der Waals surface area contributed by atoms with E-state index in [2.05, 4.69) is 6.92 Å². The zero-order chi connectivity index (χ0) is 13.8. The molecule has 0 saturated carbocycles. The Kier molecular flexibility index (Phi) is 6.46. The molecule has 0 aliphatic carbocycles. The predicted molar refractivity (Wildman–Crippen MR) is 82.1 cm³/mol. The van der Waals surface area contributed by atoms with Crippen molar-refractivity contribution in [3.63, 3.8) is 0 Å². The van der Waals surface area contributed by atoms with Gasteiger partial charge in [-0.15, -0.1) is 12.4 Å². The first kappa shape index (κ1) is 17.0. The smallest absolute Gasteiger partial charge is 0.254 e. The second kappa shape index (κ2) is 7.62. The maximum Gasteiger partial charge on any atom is 0.254 e. The van der Waals surface area contributed by atoms with Crippen LogP contribution in [-0.4, -0.2) is 37.0 Å². The Morgan fingerprint density at radius 1 is 1.45 bits per heavy atom. The summed E-state index contributed by atoms with van der Waals surface area (Å²) in [6.07, 6.45) is 0.995. The van der Waals surface area contributed by atoms with Crippen molar-refractivity contribution < 1.29 is 9.53 Å². The molecule has 1 heterocycles. The van der Waals surface area contributed by atoms with E-state index in [-0.39, 0.29) is 24.4 Å². The Bertz CT molecular complexity index is 453. The van der Waals surface area contributed by atoms with Crippen molar-refractivity contribution in [3.8, 4) is 0 Å². The van der Waals surface area contributed by atoms with Crippen molar-refractivity contribution in [2.24, 2.45) is 11.7 Å². The summed E-state index contributed by atoms with van der Waals surface area (Å²) in [5, 5.41) is 0. The molecule has 1 saturated heterocycles. The van der Waals surface area contributed by atoms with Gasteiger partial charge in [-0.2, -0.15) is 0 Å². The summed E-state index contributed by atoms with van der Waals surface area (Å²) in [5.41, 5.74) is 7.40. The molecule has 0 spiro atoms. The van der Waals surface area contributed by atoms with Crippen LogP contribution in [0.15, 0.2) is 24.3 Å².